The molecule has 4 rings (SSSR count). The number of pyridine rings is 1. The van der Waals surface area contributed by atoms with Crippen LogP contribution >= 0.6 is 11.3 Å². The molecule has 0 aliphatic heterocycles. The summed E-state index contributed by atoms with van der Waals surface area (Å²) in [7, 11) is 0. The Morgan fingerprint density at radius 2 is 1.77 bits per heavy atom. The molecule has 5 nitrogen and oxygen atoms in total. The van der Waals surface area contributed by atoms with E-state index < -0.39 is 0 Å². The van der Waals surface area contributed by atoms with Crippen LogP contribution in [-0.2, 0) is 13.2 Å². The highest BCUT2D eigenvalue weighted by atomic mass is 32.1. The first-order valence-electron chi connectivity index (χ1n) is 9.57. The van der Waals surface area contributed by atoms with Crippen LogP contribution in [0.1, 0.15) is 20.8 Å². The lowest BCUT2D eigenvalue weighted by Crippen LogP contribution is -2.23. The first-order valence-corrected chi connectivity index (χ1v) is 10.5. The quantitative estimate of drug-likeness (QED) is 0.405. The molecule has 0 atom stereocenters. The molecule has 0 fully saturated rings. The largest absolute Gasteiger partial charge is 0.489 e. The van der Waals surface area contributed by atoms with Gasteiger partial charge < -0.3 is 15.4 Å². The predicted octanol–water partition coefficient (Wildman–Crippen LogP) is 5.40. The number of rotatable bonds is 8. The molecule has 0 radical (unpaired) electrons. The zero-order valence-corrected chi connectivity index (χ0v) is 17.1. The zero-order chi connectivity index (χ0) is 20.6. The van der Waals surface area contributed by atoms with Gasteiger partial charge in [0.1, 0.15) is 18.2 Å². The first kappa shape index (κ1) is 19.7. The van der Waals surface area contributed by atoms with Crippen molar-refractivity contribution in [1.82, 2.24) is 10.3 Å². The number of amides is 1. The number of anilines is 2. The summed E-state index contributed by atoms with van der Waals surface area (Å²) >= 11 is 1.61. The third kappa shape index (κ3) is 5.24. The number of hydrogen-bond acceptors (Lipinski definition) is 5. The third-order valence-corrected chi connectivity index (χ3v) is 5.30. The minimum absolute atomic E-state index is 0.165. The fourth-order valence-corrected chi connectivity index (χ4v) is 3.52. The number of carbonyl (C=O) groups is 1. The fraction of sp³-hybridized carbons (Fsp3) is 0.0833. The zero-order valence-electron chi connectivity index (χ0n) is 16.2. The molecule has 0 aliphatic rings. The van der Waals surface area contributed by atoms with Crippen LogP contribution in [0.15, 0.2) is 90.4 Å². The summed E-state index contributed by atoms with van der Waals surface area (Å²) in [4.78, 5) is 18.1. The molecule has 30 heavy (non-hydrogen) atoms. The molecule has 2 aromatic heterocycles. The number of ether oxygens (including phenoxy) is 1. The van der Waals surface area contributed by atoms with Gasteiger partial charge in [0.05, 0.1) is 12.1 Å². The lowest BCUT2D eigenvalue weighted by Gasteiger charge is -2.12. The van der Waals surface area contributed by atoms with Crippen molar-refractivity contribution < 1.29 is 9.53 Å². The van der Waals surface area contributed by atoms with Crippen LogP contribution in [0.2, 0.25) is 0 Å². The van der Waals surface area contributed by atoms with E-state index in [-0.39, 0.29) is 5.91 Å². The Morgan fingerprint density at radius 1 is 0.933 bits per heavy atom. The lowest BCUT2D eigenvalue weighted by molar-refractivity contribution is 0.0952. The van der Waals surface area contributed by atoms with E-state index in [2.05, 4.69) is 15.6 Å². The summed E-state index contributed by atoms with van der Waals surface area (Å²) in [5.74, 6) is 1.13. The number of hydrogen-bond donors (Lipinski definition) is 2. The molecule has 0 saturated carbocycles. The Bertz CT molecular complexity index is 1080. The Labute approximate surface area is 179 Å². The highest BCUT2D eigenvalue weighted by Crippen LogP contribution is 2.22. The highest BCUT2D eigenvalue weighted by molar-refractivity contribution is 7.09. The molecule has 6 heteroatoms. The number of aromatic nitrogens is 1. The van der Waals surface area contributed by atoms with E-state index in [0.717, 1.165) is 21.9 Å². The average Bonchev–Trinajstić information content (AvgIpc) is 3.32. The number of benzene rings is 2. The smallest absolute Gasteiger partial charge is 0.255 e. The van der Waals surface area contributed by atoms with Gasteiger partial charge in [-0.05, 0) is 53.4 Å². The monoisotopic (exact) mass is 415 g/mol. The molecule has 0 unspecified atom stereocenters. The Kier molecular flexibility index (Phi) is 6.37. The summed E-state index contributed by atoms with van der Waals surface area (Å²) in [5, 5.41) is 8.15. The fourth-order valence-electron chi connectivity index (χ4n) is 2.88. The second-order valence-corrected chi connectivity index (χ2v) is 7.62. The molecule has 0 aliphatic carbocycles. The summed E-state index contributed by atoms with van der Waals surface area (Å²) in [5.41, 5.74) is 2.44. The standard InChI is InChI=1S/C24H21N3O2S/c28-24(26-16-21-8-5-15-30-21)22-9-4-14-25-23(22)27-19-10-12-20(13-11-19)29-17-18-6-2-1-3-7-18/h1-15H,16-17H2,(H,25,27)(H,26,28). The van der Waals surface area contributed by atoms with E-state index in [1.807, 2.05) is 72.1 Å². The van der Waals surface area contributed by atoms with Crippen molar-refractivity contribution in [2.45, 2.75) is 13.2 Å². The highest BCUT2D eigenvalue weighted by Gasteiger charge is 2.12. The van der Waals surface area contributed by atoms with Gasteiger partial charge in [0, 0.05) is 16.8 Å². The van der Waals surface area contributed by atoms with Crippen LogP contribution in [0.25, 0.3) is 0 Å². The number of carbonyl (C=O) groups excluding carboxylic acids is 1. The molecule has 0 saturated heterocycles. The molecule has 1 amide bonds. The molecule has 0 spiro atoms. The first-order chi connectivity index (χ1) is 14.8. The Balaban J connectivity index is 1.38. The molecular weight excluding hydrogens is 394 g/mol. The maximum absolute atomic E-state index is 12.6. The van der Waals surface area contributed by atoms with Gasteiger partial charge in [0.15, 0.2) is 0 Å². The maximum atomic E-state index is 12.6. The minimum atomic E-state index is -0.165. The van der Waals surface area contributed by atoms with Crippen LogP contribution in [0.4, 0.5) is 11.5 Å². The van der Waals surface area contributed by atoms with Gasteiger partial charge >= 0.3 is 0 Å². The van der Waals surface area contributed by atoms with Crippen molar-refractivity contribution in [3.8, 4) is 5.75 Å². The normalized spacial score (nSPS) is 10.4. The van der Waals surface area contributed by atoms with Gasteiger partial charge in [0.25, 0.3) is 5.91 Å². The van der Waals surface area contributed by atoms with Crippen molar-refractivity contribution in [3.05, 3.63) is 106 Å². The van der Waals surface area contributed by atoms with E-state index in [9.17, 15) is 4.79 Å². The number of thiophene rings is 1. The van der Waals surface area contributed by atoms with Gasteiger partial charge in [0.2, 0.25) is 0 Å². The van der Waals surface area contributed by atoms with Gasteiger partial charge in [-0.2, -0.15) is 0 Å². The Hall–Kier alpha value is -3.64. The van der Waals surface area contributed by atoms with Crippen molar-refractivity contribution in [2.75, 3.05) is 5.32 Å². The summed E-state index contributed by atoms with van der Waals surface area (Å²) in [6.07, 6.45) is 1.66. The van der Waals surface area contributed by atoms with Crippen molar-refractivity contribution in [1.29, 1.82) is 0 Å². The van der Waals surface area contributed by atoms with Gasteiger partial charge in [-0.1, -0.05) is 36.4 Å². The second-order valence-electron chi connectivity index (χ2n) is 6.59. The van der Waals surface area contributed by atoms with Gasteiger partial charge in [-0.25, -0.2) is 4.98 Å². The van der Waals surface area contributed by atoms with Gasteiger partial charge in [-0.3, -0.25) is 4.79 Å². The number of nitrogens with zero attached hydrogens (tertiary/aromatic N) is 1. The third-order valence-electron chi connectivity index (χ3n) is 4.42. The molecular formula is C24H21N3O2S. The SMILES string of the molecule is O=C(NCc1cccs1)c1cccnc1Nc1ccc(OCc2ccccc2)cc1. The molecule has 4 aromatic rings. The van der Waals surface area contributed by atoms with Crippen molar-refractivity contribution in [3.63, 3.8) is 0 Å². The molecule has 2 N–H and O–H groups in total. The molecule has 2 heterocycles. The van der Waals surface area contributed by atoms with Crippen molar-refractivity contribution in [2.24, 2.45) is 0 Å². The summed E-state index contributed by atoms with van der Waals surface area (Å²) < 4.78 is 5.82. The lowest BCUT2D eigenvalue weighted by atomic mass is 10.2. The predicted molar refractivity (Wildman–Crippen MR) is 120 cm³/mol. The minimum Gasteiger partial charge on any atom is -0.489 e. The van der Waals surface area contributed by atoms with E-state index in [1.165, 1.54) is 0 Å². The van der Waals surface area contributed by atoms with E-state index in [4.69, 9.17) is 4.74 Å². The molecule has 0 bridgehead atoms. The Morgan fingerprint density at radius 3 is 2.53 bits per heavy atom. The van der Waals surface area contributed by atoms with Gasteiger partial charge in [-0.15, -0.1) is 11.3 Å². The van der Waals surface area contributed by atoms with E-state index in [1.54, 1.807) is 29.7 Å². The van der Waals surface area contributed by atoms with Crippen LogP contribution in [0.3, 0.4) is 0 Å². The van der Waals surface area contributed by atoms with E-state index in [0.29, 0.717) is 24.5 Å². The van der Waals surface area contributed by atoms with Crippen LogP contribution < -0.4 is 15.4 Å². The number of nitrogens with one attached hydrogen (secondary N) is 2. The molecule has 150 valence electrons. The average molecular weight is 416 g/mol. The molecule has 2 aromatic carbocycles. The van der Waals surface area contributed by atoms with Crippen LogP contribution in [0.5, 0.6) is 5.75 Å². The van der Waals surface area contributed by atoms with E-state index >= 15 is 0 Å². The summed E-state index contributed by atoms with van der Waals surface area (Å²) in [6, 6.07) is 25.1. The van der Waals surface area contributed by atoms with Crippen LogP contribution in [-0.4, -0.2) is 10.9 Å². The second kappa shape index (κ2) is 9.71. The van der Waals surface area contributed by atoms with Crippen LogP contribution in [0, 0.1) is 0 Å². The maximum Gasteiger partial charge on any atom is 0.255 e. The topological polar surface area (TPSA) is 63.2 Å². The summed E-state index contributed by atoms with van der Waals surface area (Å²) in [6.45, 7) is 1.01. The van der Waals surface area contributed by atoms with Crippen molar-refractivity contribution >= 4 is 28.7 Å².